The fraction of sp³-hybridized carbons (Fsp3) is 0.600. The normalized spacial score (nSPS) is 20.2. The third-order valence-electron chi connectivity index (χ3n) is 3.89. The van der Waals surface area contributed by atoms with Crippen LogP contribution < -0.4 is 5.32 Å². The first-order chi connectivity index (χ1) is 9.16. The molecule has 0 bridgehead atoms. The largest absolute Gasteiger partial charge is 0.392 e. The molecular weight excluding hydrogens is 262 g/mol. The van der Waals surface area contributed by atoms with E-state index in [4.69, 9.17) is 16.3 Å². The van der Waals surface area contributed by atoms with Gasteiger partial charge in [0.05, 0.1) is 6.10 Å². The van der Waals surface area contributed by atoms with E-state index in [1.807, 2.05) is 19.1 Å². The number of benzene rings is 1. The first-order valence-corrected chi connectivity index (χ1v) is 7.31. The van der Waals surface area contributed by atoms with E-state index in [0.717, 1.165) is 37.5 Å². The Morgan fingerprint density at radius 3 is 2.53 bits per heavy atom. The van der Waals surface area contributed by atoms with E-state index in [1.165, 1.54) is 5.56 Å². The van der Waals surface area contributed by atoms with E-state index in [9.17, 15) is 5.11 Å². The fourth-order valence-electron chi connectivity index (χ4n) is 2.51. The minimum absolute atomic E-state index is 0.0982. The maximum absolute atomic E-state index is 9.78. The summed E-state index contributed by atoms with van der Waals surface area (Å²) in [5, 5.41) is 14.1. The standard InChI is InChI=1S/C15H22ClNO2/c1-2-14(18)11-17-15(7-9-19-10-8-15)12-3-5-13(16)6-4-12/h3-6,14,17-18H,2,7-11H2,1H3/t14-/m1/s1. The van der Waals surface area contributed by atoms with E-state index < -0.39 is 0 Å². The average Bonchev–Trinajstić information content (AvgIpc) is 2.46. The van der Waals surface area contributed by atoms with Crippen LogP contribution in [-0.4, -0.2) is 31.0 Å². The predicted octanol–water partition coefficient (Wildman–Crippen LogP) is 2.71. The smallest absolute Gasteiger partial charge is 0.0662 e. The van der Waals surface area contributed by atoms with Gasteiger partial charge in [-0.3, -0.25) is 0 Å². The molecule has 1 aromatic rings. The van der Waals surface area contributed by atoms with Gasteiger partial charge >= 0.3 is 0 Å². The van der Waals surface area contributed by atoms with Crippen LogP contribution in [0.3, 0.4) is 0 Å². The van der Waals surface area contributed by atoms with Gasteiger partial charge in [0.1, 0.15) is 0 Å². The highest BCUT2D eigenvalue weighted by Crippen LogP contribution is 2.32. The van der Waals surface area contributed by atoms with Crippen LogP contribution in [0.4, 0.5) is 0 Å². The van der Waals surface area contributed by atoms with Crippen molar-refractivity contribution in [1.29, 1.82) is 0 Å². The lowest BCUT2D eigenvalue weighted by molar-refractivity contribution is 0.0298. The second-order valence-corrected chi connectivity index (χ2v) is 5.58. The Hall–Kier alpha value is -0.610. The van der Waals surface area contributed by atoms with Crippen molar-refractivity contribution in [2.75, 3.05) is 19.8 Å². The quantitative estimate of drug-likeness (QED) is 0.873. The molecule has 1 aromatic carbocycles. The van der Waals surface area contributed by atoms with Gasteiger partial charge in [-0.05, 0) is 37.0 Å². The van der Waals surface area contributed by atoms with E-state index in [1.54, 1.807) is 0 Å². The van der Waals surface area contributed by atoms with Gasteiger partial charge in [-0.15, -0.1) is 0 Å². The van der Waals surface area contributed by atoms with Gasteiger partial charge in [0, 0.05) is 30.3 Å². The summed E-state index contributed by atoms with van der Waals surface area (Å²) in [6.45, 7) is 4.10. The highest BCUT2D eigenvalue weighted by molar-refractivity contribution is 6.30. The van der Waals surface area contributed by atoms with Crippen molar-refractivity contribution in [3.8, 4) is 0 Å². The summed E-state index contributed by atoms with van der Waals surface area (Å²) in [6, 6.07) is 7.98. The van der Waals surface area contributed by atoms with Crippen LogP contribution in [0.2, 0.25) is 5.02 Å². The molecule has 0 aliphatic carbocycles. The molecule has 0 saturated carbocycles. The van der Waals surface area contributed by atoms with Crippen molar-refractivity contribution in [3.05, 3.63) is 34.9 Å². The molecule has 0 radical (unpaired) electrons. The summed E-state index contributed by atoms with van der Waals surface area (Å²) in [6.07, 6.45) is 2.31. The Kier molecular flexibility index (Phi) is 5.22. The van der Waals surface area contributed by atoms with Crippen molar-refractivity contribution in [2.45, 2.75) is 37.8 Å². The molecule has 1 fully saturated rings. The number of aliphatic hydroxyl groups excluding tert-OH is 1. The van der Waals surface area contributed by atoms with Crippen LogP contribution in [0, 0.1) is 0 Å². The van der Waals surface area contributed by atoms with Crippen LogP contribution in [0.15, 0.2) is 24.3 Å². The third-order valence-corrected chi connectivity index (χ3v) is 4.14. The molecule has 1 atom stereocenters. The van der Waals surface area contributed by atoms with Gasteiger partial charge in [-0.1, -0.05) is 30.7 Å². The molecule has 0 aromatic heterocycles. The lowest BCUT2D eigenvalue weighted by Crippen LogP contribution is -2.49. The topological polar surface area (TPSA) is 41.5 Å². The monoisotopic (exact) mass is 283 g/mol. The SMILES string of the molecule is CC[C@@H](O)CNC1(c2ccc(Cl)cc2)CCOCC1. The minimum Gasteiger partial charge on any atom is -0.392 e. The van der Waals surface area contributed by atoms with Gasteiger partial charge in [0.2, 0.25) is 0 Å². The molecular formula is C15H22ClNO2. The second-order valence-electron chi connectivity index (χ2n) is 5.14. The average molecular weight is 284 g/mol. The number of halogens is 1. The lowest BCUT2D eigenvalue weighted by atomic mass is 9.82. The Labute approximate surface area is 119 Å². The van der Waals surface area contributed by atoms with Gasteiger partial charge in [0.25, 0.3) is 0 Å². The van der Waals surface area contributed by atoms with Gasteiger partial charge in [-0.25, -0.2) is 0 Å². The van der Waals surface area contributed by atoms with Crippen molar-refractivity contribution < 1.29 is 9.84 Å². The first-order valence-electron chi connectivity index (χ1n) is 6.93. The van der Waals surface area contributed by atoms with Crippen LogP contribution in [0.1, 0.15) is 31.7 Å². The number of hydrogen-bond acceptors (Lipinski definition) is 3. The molecule has 1 aliphatic heterocycles. The second kappa shape index (κ2) is 6.71. The molecule has 1 heterocycles. The zero-order chi connectivity index (χ0) is 13.7. The van der Waals surface area contributed by atoms with Crippen LogP contribution in [0.25, 0.3) is 0 Å². The zero-order valence-corrected chi connectivity index (χ0v) is 12.1. The van der Waals surface area contributed by atoms with Crippen molar-refractivity contribution >= 4 is 11.6 Å². The molecule has 1 aliphatic rings. The predicted molar refractivity (Wildman–Crippen MR) is 77.5 cm³/mol. The zero-order valence-electron chi connectivity index (χ0n) is 11.4. The van der Waals surface area contributed by atoms with Crippen LogP contribution in [0.5, 0.6) is 0 Å². The van der Waals surface area contributed by atoms with E-state index in [-0.39, 0.29) is 11.6 Å². The lowest BCUT2D eigenvalue weighted by Gasteiger charge is -2.39. The molecule has 0 spiro atoms. The Morgan fingerprint density at radius 2 is 1.95 bits per heavy atom. The molecule has 19 heavy (non-hydrogen) atoms. The highest BCUT2D eigenvalue weighted by atomic mass is 35.5. The first kappa shape index (κ1) is 14.8. The maximum Gasteiger partial charge on any atom is 0.0662 e. The maximum atomic E-state index is 9.78. The molecule has 0 unspecified atom stereocenters. The van der Waals surface area contributed by atoms with E-state index in [0.29, 0.717) is 6.54 Å². The molecule has 3 nitrogen and oxygen atoms in total. The van der Waals surface area contributed by atoms with Crippen LogP contribution >= 0.6 is 11.6 Å². The molecule has 106 valence electrons. The van der Waals surface area contributed by atoms with Crippen LogP contribution in [-0.2, 0) is 10.3 Å². The molecule has 0 amide bonds. The summed E-state index contributed by atoms with van der Waals surface area (Å²) in [7, 11) is 0. The van der Waals surface area contributed by atoms with Gasteiger partial charge in [-0.2, -0.15) is 0 Å². The van der Waals surface area contributed by atoms with E-state index in [2.05, 4.69) is 17.4 Å². The number of hydrogen-bond donors (Lipinski definition) is 2. The number of ether oxygens (including phenoxy) is 1. The summed E-state index contributed by atoms with van der Waals surface area (Å²) < 4.78 is 5.47. The van der Waals surface area contributed by atoms with Crippen molar-refractivity contribution in [2.24, 2.45) is 0 Å². The number of rotatable bonds is 5. The summed E-state index contributed by atoms with van der Waals surface area (Å²) in [5.41, 5.74) is 1.13. The summed E-state index contributed by atoms with van der Waals surface area (Å²) >= 11 is 5.96. The van der Waals surface area contributed by atoms with Crippen molar-refractivity contribution in [3.63, 3.8) is 0 Å². The number of nitrogens with one attached hydrogen (secondary N) is 1. The fourth-order valence-corrected chi connectivity index (χ4v) is 2.64. The van der Waals surface area contributed by atoms with Gasteiger partial charge in [0.15, 0.2) is 0 Å². The molecule has 4 heteroatoms. The summed E-state index contributed by atoms with van der Waals surface area (Å²) in [5.74, 6) is 0. The summed E-state index contributed by atoms with van der Waals surface area (Å²) in [4.78, 5) is 0. The van der Waals surface area contributed by atoms with Crippen molar-refractivity contribution in [1.82, 2.24) is 5.32 Å². The number of aliphatic hydroxyl groups is 1. The molecule has 2 N–H and O–H groups in total. The Bertz CT molecular complexity index is 388. The molecule has 1 saturated heterocycles. The van der Waals surface area contributed by atoms with Gasteiger partial charge < -0.3 is 15.2 Å². The van der Waals surface area contributed by atoms with E-state index >= 15 is 0 Å². The Morgan fingerprint density at radius 1 is 1.32 bits per heavy atom. The third kappa shape index (κ3) is 3.69. The minimum atomic E-state index is -0.299. The highest BCUT2D eigenvalue weighted by Gasteiger charge is 2.34. The Balaban J connectivity index is 2.16. The molecule has 2 rings (SSSR count).